The van der Waals surface area contributed by atoms with Crippen molar-refractivity contribution < 1.29 is 13.9 Å². The molecule has 33 heavy (non-hydrogen) atoms. The highest BCUT2D eigenvalue weighted by Gasteiger charge is 2.26. The number of fused-ring (bicyclic) bond motifs is 1. The Morgan fingerprint density at radius 3 is 2.64 bits per heavy atom. The van der Waals surface area contributed by atoms with Crippen LogP contribution in [0.15, 0.2) is 18.3 Å². The van der Waals surface area contributed by atoms with Gasteiger partial charge in [-0.1, -0.05) is 11.6 Å². The maximum atomic E-state index is 13.7. The minimum atomic E-state index is -2.70. The van der Waals surface area contributed by atoms with Crippen LogP contribution >= 0.6 is 11.6 Å². The van der Waals surface area contributed by atoms with Gasteiger partial charge in [0.05, 0.1) is 28.7 Å². The van der Waals surface area contributed by atoms with Gasteiger partial charge in [-0.05, 0) is 37.8 Å². The third-order valence-corrected chi connectivity index (χ3v) is 6.17. The highest BCUT2D eigenvalue weighted by Crippen LogP contribution is 2.39. The minimum absolute atomic E-state index is 0.0912. The molecule has 12 heteroatoms. The van der Waals surface area contributed by atoms with Gasteiger partial charge >= 0.3 is 0 Å². The number of hydrogen-bond acceptors (Lipinski definition) is 8. The summed E-state index contributed by atoms with van der Waals surface area (Å²) < 4.78 is 28.7. The first kappa shape index (κ1) is 21.6. The zero-order valence-electron chi connectivity index (χ0n) is 17.5. The quantitative estimate of drug-likeness (QED) is 0.493. The summed E-state index contributed by atoms with van der Waals surface area (Å²) >= 11 is 6.64. The van der Waals surface area contributed by atoms with E-state index >= 15 is 0 Å². The van der Waals surface area contributed by atoms with Gasteiger partial charge in [0.15, 0.2) is 17.2 Å². The summed E-state index contributed by atoms with van der Waals surface area (Å²) in [5.41, 5.74) is 1.12. The van der Waals surface area contributed by atoms with Gasteiger partial charge < -0.3 is 20.6 Å². The van der Waals surface area contributed by atoms with Crippen LogP contribution in [0.5, 0.6) is 0 Å². The fraction of sp³-hybridized carbons (Fsp3) is 0.429. The number of aliphatic hydroxyl groups is 1. The van der Waals surface area contributed by atoms with Crippen molar-refractivity contribution >= 4 is 40.4 Å². The SMILES string of the molecule is N#Cc1cnc2c(NC3CC3)nc(Nc3cc(C(F)F)cc(N4CCC(O)CC4)c3Cl)nn12. The Morgan fingerprint density at radius 1 is 1.21 bits per heavy atom. The van der Waals surface area contributed by atoms with Crippen LogP contribution in [0.2, 0.25) is 5.02 Å². The largest absolute Gasteiger partial charge is 0.393 e. The van der Waals surface area contributed by atoms with Crippen LogP contribution in [0.25, 0.3) is 5.65 Å². The second-order valence-electron chi connectivity index (χ2n) is 8.24. The molecule has 0 bridgehead atoms. The Balaban J connectivity index is 1.55. The molecule has 3 heterocycles. The maximum absolute atomic E-state index is 13.7. The number of benzene rings is 1. The van der Waals surface area contributed by atoms with Crippen molar-refractivity contribution in [3.05, 3.63) is 34.6 Å². The van der Waals surface area contributed by atoms with Gasteiger partial charge in [-0.15, -0.1) is 5.10 Å². The Labute approximate surface area is 193 Å². The van der Waals surface area contributed by atoms with E-state index in [-0.39, 0.29) is 34.0 Å². The molecule has 3 N–H and O–H groups in total. The molecule has 5 rings (SSSR count). The summed E-state index contributed by atoms with van der Waals surface area (Å²) in [6.07, 6.45) is 1.36. The molecule has 0 atom stereocenters. The zero-order chi connectivity index (χ0) is 23.1. The lowest BCUT2D eigenvalue weighted by Gasteiger charge is -2.33. The van der Waals surface area contributed by atoms with E-state index < -0.39 is 12.5 Å². The van der Waals surface area contributed by atoms with Gasteiger partial charge in [-0.2, -0.15) is 14.8 Å². The number of nitriles is 1. The lowest BCUT2D eigenvalue weighted by molar-refractivity contribution is 0.145. The van der Waals surface area contributed by atoms with E-state index in [4.69, 9.17) is 11.6 Å². The Morgan fingerprint density at radius 2 is 1.97 bits per heavy atom. The number of anilines is 4. The summed E-state index contributed by atoms with van der Waals surface area (Å²) in [6.45, 7) is 1.01. The van der Waals surface area contributed by atoms with Crippen LogP contribution in [0.4, 0.5) is 31.9 Å². The van der Waals surface area contributed by atoms with Gasteiger partial charge in [0, 0.05) is 24.7 Å². The molecule has 172 valence electrons. The number of nitrogens with one attached hydrogen (secondary N) is 2. The molecule has 3 aromatic rings. The van der Waals surface area contributed by atoms with Crippen molar-refractivity contribution in [2.24, 2.45) is 0 Å². The molecule has 1 saturated carbocycles. The van der Waals surface area contributed by atoms with Gasteiger partial charge in [-0.25, -0.2) is 13.8 Å². The fourth-order valence-electron chi connectivity index (χ4n) is 3.83. The molecule has 1 saturated heterocycles. The normalized spacial score (nSPS) is 16.9. The molecule has 2 aromatic heterocycles. The van der Waals surface area contributed by atoms with Crippen molar-refractivity contribution in [3.63, 3.8) is 0 Å². The lowest BCUT2D eigenvalue weighted by atomic mass is 10.1. The van der Waals surface area contributed by atoms with Crippen LogP contribution in [-0.4, -0.2) is 49.9 Å². The predicted molar refractivity (Wildman–Crippen MR) is 119 cm³/mol. The molecule has 1 aliphatic heterocycles. The predicted octanol–water partition coefficient (Wildman–Crippen LogP) is 3.87. The van der Waals surface area contributed by atoms with Crippen LogP contribution in [0.1, 0.15) is 43.4 Å². The van der Waals surface area contributed by atoms with Crippen LogP contribution in [0.3, 0.4) is 0 Å². The van der Waals surface area contributed by atoms with Gasteiger partial charge in [-0.3, -0.25) is 0 Å². The molecule has 0 amide bonds. The molecule has 2 aliphatic rings. The van der Waals surface area contributed by atoms with Crippen molar-refractivity contribution in [2.45, 2.75) is 44.3 Å². The third-order valence-electron chi connectivity index (χ3n) is 5.77. The number of alkyl halides is 2. The van der Waals surface area contributed by atoms with E-state index in [0.29, 0.717) is 43.1 Å². The standard InChI is InChI=1S/C21H21ClF2N8O/c22-17-15(7-11(18(23)24)8-16(17)31-5-3-14(33)4-6-31)28-21-29-19(27-12-1-2-12)20-26-10-13(9-25)32(20)30-21/h7-8,10,12,14,18,33H,1-6H2,(H2,27,28,29,30). The first-order valence-electron chi connectivity index (χ1n) is 10.7. The average molecular weight is 475 g/mol. The van der Waals surface area contributed by atoms with Crippen molar-refractivity contribution in [1.29, 1.82) is 5.26 Å². The van der Waals surface area contributed by atoms with E-state index in [1.807, 2.05) is 11.0 Å². The maximum Gasteiger partial charge on any atom is 0.264 e. The Bertz CT molecular complexity index is 1230. The van der Waals surface area contributed by atoms with Crippen molar-refractivity contribution in [2.75, 3.05) is 28.6 Å². The molecule has 1 aliphatic carbocycles. The first-order chi connectivity index (χ1) is 15.9. The molecule has 2 fully saturated rings. The summed E-state index contributed by atoms with van der Waals surface area (Å²) in [6, 6.07) is 4.95. The monoisotopic (exact) mass is 474 g/mol. The van der Waals surface area contributed by atoms with Crippen molar-refractivity contribution in [3.8, 4) is 6.07 Å². The Kier molecular flexibility index (Phi) is 5.64. The van der Waals surface area contributed by atoms with Crippen LogP contribution < -0.4 is 15.5 Å². The molecular formula is C21H21ClF2N8O. The average Bonchev–Trinajstić information content (AvgIpc) is 3.51. The lowest BCUT2D eigenvalue weighted by Crippen LogP contribution is -2.36. The second kappa shape index (κ2) is 8.61. The number of aliphatic hydroxyl groups excluding tert-OH is 1. The number of hydrogen-bond donors (Lipinski definition) is 3. The topological polar surface area (TPSA) is 114 Å². The van der Waals surface area contributed by atoms with Crippen LogP contribution in [0, 0.1) is 11.3 Å². The second-order valence-corrected chi connectivity index (χ2v) is 8.62. The van der Waals surface area contributed by atoms with Gasteiger partial charge in [0.1, 0.15) is 6.07 Å². The summed E-state index contributed by atoms with van der Waals surface area (Å²) in [5.74, 6) is 0.538. The van der Waals surface area contributed by atoms with E-state index in [0.717, 1.165) is 12.8 Å². The highest BCUT2D eigenvalue weighted by atomic mass is 35.5. The third kappa shape index (κ3) is 4.36. The summed E-state index contributed by atoms with van der Waals surface area (Å²) in [5, 5.41) is 30.0. The molecule has 1 aromatic carbocycles. The number of halogens is 3. The fourth-order valence-corrected chi connectivity index (χ4v) is 4.11. The number of imidazole rings is 1. The first-order valence-corrected chi connectivity index (χ1v) is 11.0. The van der Waals surface area contributed by atoms with E-state index in [1.165, 1.54) is 22.8 Å². The van der Waals surface area contributed by atoms with E-state index in [1.54, 1.807) is 0 Å². The highest BCUT2D eigenvalue weighted by molar-refractivity contribution is 6.36. The van der Waals surface area contributed by atoms with E-state index in [2.05, 4.69) is 25.7 Å². The number of aromatic nitrogens is 4. The molecule has 0 radical (unpaired) electrons. The zero-order valence-corrected chi connectivity index (χ0v) is 18.2. The smallest absolute Gasteiger partial charge is 0.264 e. The minimum Gasteiger partial charge on any atom is -0.393 e. The molecule has 0 spiro atoms. The number of piperidine rings is 1. The molecular weight excluding hydrogens is 454 g/mol. The summed E-state index contributed by atoms with van der Waals surface area (Å²) in [7, 11) is 0. The molecule has 9 nitrogen and oxygen atoms in total. The Hall–Kier alpha value is -3.23. The van der Waals surface area contributed by atoms with E-state index in [9.17, 15) is 19.1 Å². The van der Waals surface area contributed by atoms with Crippen LogP contribution in [-0.2, 0) is 0 Å². The van der Waals surface area contributed by atoms with Gasteiger partial charge in [0.25, 0.3) is 6.43 Å². The number of rotatable bonds is 6. The summed E-state index contributed by atoms with van der Waals surface area (Å²) in [4.78, 5) is 10.6. The van der Waals surface area contributed by atoms with Crippen molar-refractivity contribution in [1.82, 2.24) is 19.6 Å². The van der Waals surface area contributed by atoms with Gasteiger partial charge in [0.2, 0.25) is 5.95 Å². The molecule has 0 unspecified atom stereocenters. The number of nitrogens with zero attached hydrogens (tertiary/aromatic N) is 6.